The van der Waals surface area contributed by atoms with E-state index in [4.69, 9.17) is 0 Å². The van der Waals surface area contributed by atoms with Crippen molar-refractivity contribution in [1.29, 1.82) is 0 Å². The van der Waals surface area contributed by atoms with Crippen LogP contribution in [-0.2, 0) is 7.05 Å². The van der Waals surface area contributed by atoms with Gasteiger partial charge in [0.25, 0.3) is 0 Å². The third-order valence-corrected chi connectivity index (χ3v) is 1.79. The summed E-state index contributed by atoms with van der Waals surface area (Å²) in [6.07, 6.45) is 3.84. The molecule has 0 spiro atoms. The Morgan fingerprint density at radius 3 is 2.64 bits per heavy atom. The first-order valence-corrected chi connectivity index (χ1v) is 4.36. The van der Waals surface area contributed by atoms with Crippen molar-refractivity contribution in [2.45, 2.75) is 0 Å². The Morgan fingerprint density at radius 2 is 2.00 bits per heavy atom. The first-order valence-electron chi connectivity index (χ1n) is 4.36. The summed E-state index contributed by atoms with van der Waals surface area (Å²) in [5.41, 5.74) is 1.14. The van der Waals surface area contributed by atoms with E-state index in [0.29, 0.717) is 5.82 Å². The van der Waals surface area contributed by atoms with Gasteiger partial charge < -0.3 is 0 Å². The number of benzene rings is 1. The molecule has 0 unspecified atom stereocenters. The number of hydrogen-bond acceptors (Lipinski definition) is 2. The summed E-state index contributed by atoms with van der Waals surface area (Å²) in [4.78, 5) is 1.56. The SMILES string of the molecule is C[n+]1nc(/C=C/c2ccccc2)n[nH]1. The highest BCUT2D eigenvalue weighted by Gasteiger charge is 2.01. The van der Waals surface area contributed by atoms with Crippen molar-refractivity contribution >= 4 is 12.2 Å². The number of nitrogens with zero attached hydrogens (tertiary/aromatic N) is 3. The lowest BCUT2D eigenvalue weighted by Crippen LogP contribution is -2.33. The van der Waals surface area contributed by atoms with Crippen molar-refractivity contribution in [3.63, 3.8) is 0 Å². The van der Waals surface area contributed by atoms with E-state index in [1.54, 1.807) is 11.8 Å². The molecular formula is C10H11N4+. The molecule has 0 aliphatic heterocycles. The third kappa shape index (κ3) is 2.04. The first kappa shape index (κ1) is 8.62. The van der Waals surface area contributed by atoms with E-state index in [1.165, 1.54) is 0 Å². The Kier molecular flexibility index (Phi) is 2.36. The van der Waals surface area contributed by atoms with Gasteiger partial charge in [0.05, 0.1) is 5.10 Å². The minimum atomic E-state index is 0.677. The van der Waals surface area contributed by atoms with Gasteiger partial charge in [0, 0.05) is 6.08 Å². The standard InChI is InChI=1S/C10H10N4/c1-14-12-10(11-13-14)8-7-9-5-3-2-4-6-9/h2-8H,1H3/p+1/b8-7+. The Hall–Kier alpha value is -1.97. The fraction of sp³-hybridized carbons (Fsp3) is 0.100. The van der Waals surface area contributed by atoms with Gasteiger partial charge in [-0.25, -0.2) is 0 Å². The minimum Gasteiger partial charge on any atom is -0.0648 e. The van der Waals surface area contributed by atoms with Gasteiger partial charge >= 0.3 is 5.82 Å². The van der Waals surface area contributed by atoms with Crippen molar-refractivity contribution in [1.82, 2.24) is 15.4 Å². The van der Waals surface area contributed by atoms with E-state index >= 15 is 0 Å². The van der Waals surface area contributed by atoms with E-state index in [2.05, 4.69) is 15.4 Å². The number of hydrogen-bond donors (Lipinski definition) is 1. The third-order valence-electron chi connectivity index (χ3n) is 1.79. The minimum absolute atomic E-state index is 0.677. The molecule has 0 aliphatic carbocycles. The van der Waals surface area contributed by atoms with Gasteiger partial charge in [0.1, 0.15) is 7.05 Å². The lowest BCUT2D eigenvalue weighted by molar-refractivity contribution is -0.784. The molecule has 0 saturated heterocycles. The average Bonchev–Trinajstić information content (AvgIpc) is 2.63. The van der Waals surface area contributed by atoms with Gasteiger partial charge in [-0.15, -0.1) is 0 Å². The highest BCUT2D eigenvalue weighted by molar-refractivity contribution is 5.65. The van der Waals surface area contributed by atoms with Crippen molar-refractivity contribution in [2.75, 3.05) is 0 Å². The molecule has 0 bridgehead atoms. The maximum Gasteiger partial charge on any atom is 0.331 e. The summed E-state index contributed by atoms with van der Waals surface area (Å²) in [5.74, 6) is 0.677. The summed E-state index contributed by atoms with van der Waals surface area (Å²) in [7, 11) is 1.80. The second-order valence-electron chi connectivity index (χ2n) is 2.94. The molecule has 4 heteroatoms. The summed E-state index contributed by atoms with van der Waals surface area (Å²) < 4.78 is 0. The lowest BCUT2D eigenvalue weighted by atomic mass is 10.2. The number of nitrogens with one attached hydrogen (secondary N) is 1. The molecule has 2 rings (SSSR count). The van der Waals surface area contributed by atoms with Crippen LogP contribution in [0.1, 0.15) is 11.4 Å². The molecule has 0 saturated carbocycles. The van der Waals surface area contributed by atoms with Gasteiger partial charge in [-0.1, -0.05) is 35.1 Å². The van der Waals surface area contributed by atoms with Crippen LogP contribution in [0.3, 0.4) is 0 Å². The topological polar surface area (TPSA) is 45.5 Å². The van der Waals surface area contributed by atoms with E-state index in [0.717, 1.165) is 5.56 Å². The smallest absolute Gasteiger partial charge is 0.0648 e. The second kappa shape index (κ2) is 3.83. The number of tetrazole rings is 1. The average molecular weight is 187 g/mol. The molecule has 0 amide bonds. The number of rotatable bonds is 2. The van der Waals surface area contributed by atoms with Crippen LogP contribution >= 0.6 is 0 Å². The molecule has 14 heavy (non-hydrogen) atoms. The zero-order chi connectivity index (χ0) is 9.80. The molecule has 2 aromatic rings. The quantitative estimate of drug-likeness (QED) is 0.707. The van der Waals surface area contributed by atoms with Gasteiger partial charge in [-0.2, -0.15) is 0 Å². The predicted octanol–water partition coefficient (Wildman–Crippen LogP) is 0.800. The Morgan fingerprint density at radius 1 is 1.21 bits per heavy atom. The van der Waals surface area contributed by atoms with Crippen molar-refractivity contribution in [2.24, 2.45) is 7.05 Å². The summed E-state index contributed by atoms with van der Waals surface area (Å²) >= 11 is 0. The van der Waals surface area contributed by atoms with Crippen LogP contribution in [-0.4, -0.2) is 15.4 Å². The molecular weight excluding hydrogens is 176 g/mol. The second-order valence-corrected chi connectivity index (χ2v) is 2.94. The highest BCUT2D eigenvalue weighted by atomic mass is 15.6. The van der Waals surface area contributed by atoms with E-state index in [9.17, 15) is 0 Å². The number of H-pyrrole nitrogens is 1. The molecule has 4 nitrogen and oxygen atoms in total. The normalized spacial score (nSPS) is 10.9. The predicted molar refractivity (Wildman–Crippen MR) is 52.9 cm³/mol. The van der Waals surface area contributed by atoms with Gasteiger partial charge in [-0.3, -0.25) is 0 Å². The molecule has 70 valence electrons. The van der Waals surface area contributed by atoms with Crippen molar-refractivity contribution in [3.05, 3.63) is 41.7 Å². The maximum atomic E-state index is 4.09. The summed E-state index contributed by atoms with van der Waals surface area (Å²) in [6, 6.07) is 10.0. The van der Waals surface area contributed by atoms with Crippen molar-refractivity contribution in [3.8, 4) is 0 Å². The lowest BCUT2D eigenvalue weighted by Gasteiger charge is -1.87. The molecule has 0 atom stereocenters. The van der Waals surface area contributed by atoms with Crippen LogP contribution in [0.4, 0.5) is 0 Å². The van der Waals surface area contributed by atoms with Crippen LogP contribution in [0.5, 0.6) is 0 Å². The Bertz CT molecular complexity index is 430. The van der Waals surface area contributed by atoms with Crippen LogP contribution in [0.25, 0.3) is 12.2 Å². The highest BCUT2D eigenvalue weighted by Crippen LogP contribution is 2.02. The number of aromatic nitrogens is 4. The first-order chi connectivity index (χ1) is 6.84. The van der Waals surface area contributed by atoms with E-state index in [-0.39, 0.29) is 0 Å². The maximum absolute atomic E-state index is 4.09. The largest absolute Gasteiger partial charge is 0.331 e. The van der Waals surface area contributed by atoms with Gasteiger partial charge in [0.15, 0.2) is 0 Å². The molecule has 1 aromatic carbocycles. The van der Waals surface area contributed by atoms with Gasteiger partial charge in [0.2, 0.25) is 0 Å². The monoisotopic (exact) mass is 187 g/mol. The summed E-state index contributed by atoms with van der Waals surface area (Å²) in [5, 5.41) is 10.8. The molecule has 1 N–H and O–H groups in total. The fourth-order valence-corrected chi connectivity index (χ4v) is 1.13. The van der Waals surface area contributed by atoms with E-state index in [1.807, 2.05) is 42.5 Å². The van der Waals surface area contributed by atoms with Gasteiger partial charge in [-0.05, 0) is 22.0 Å². The van der Waals surface area contributed by atoms with E-state index < -0.39 is 0 Å². The molecule has 0 aliphatic rings. The van der Waals surface area contributed by atoms with Crippen LogP contribution in [0.15, 0.2) is 30.3 Å². The number of aryl methyl sites for hydroxylation is 1. The van der Waals surface area contributed by atoms with Crippen LogP contribution in [0.2, 0.25) is 0 Å². The van der Waals surface area contributed by atoms with Crippen LogP contribution in [0, 0.1) is 0 Å². The van der Waals surface area contributed by atoms with Crippen molar-refractivity contribution < 1.29 is 4.80 Å². The molecule has 0 fully saturated rings. The Balaban J connectivity index is 2.15. The molecule has 0 radical (unpaired) electrons. The Labute approximate surface area is 81.9 Å². The fourth-order valence-electron chi connectivity index (χ4n) is 1.13. The molecule has 1 heterocycles. The summed E-state index contributed by atoms with van der Waals surface area (Å²) in [6.45, 7) is 0. The zero-order valence-electron chi connectivity index (χ0n) is 7.88. The number of aromatic amines is 1. The zero-order valence-corrected chi connectivity index (χ0v) is 7.88. The van der Waals surface area contributed by atoms with Crippen LogP contribution < -0.4 is 4.80 Å². The molecule has 1 aromatic heterocycles.